The van der Waals surface area contributed by atoms with E-state index in [1.54, 1.807) is 30.3 Å². The lowest BCUT2D eigenvalue weighted by molar-refractivity contribution is -0.125. The number of hydrogen-bond acceptors (Lipinski definition) is 9. The molecule has 0 aliphatic carbocycles. The summed E-state index contributed by atoms with van der Waals surface area (Å²) in [6.45, 7) is 4.41. The molecule has 10 nitrogen and oxygen atoms in total. The number of pyridine rings is 1. The average molecular weight is 754 g/mol. The van der Waals surface area contributed by atoms with E-state index in [9.17, 15) is 13.6 Å². The van der Waals surface area contributed by atoms with Crippen molar-refractivity contribution < 1.29 is 27.4 Å². The van der Waals surface area contributed by atoms with Crippen LogP contribution in [0.25, 0.3) is 32.9 Å². The van der Waals surface area contributed by atoms with Crippen molar-refractivity contribution in [2.45, 2.75) is 62.8 Å². The number of nitrogens with zero attached hydrogens (tertiary/aromatic N) is 6. The van der Waals surface area contributed by atoms with E-state index in [0.717, 1.165) is 52.0 Å². The predicted octanol–water partition coefficient (Wildman–Crippen LogP) is 5.67. The van der Waals surface area contributed by atoms with Crippen LogP contribution < -0.4 is 15.0 Å². The van der Waals surface area contributed by atoms with Crippen molar-refractivity contribution in [3.05, 3.63) is 65.9 Å². The van der Waals surface area contributed by atoms with Crippen LogP contribution in [0.3, 0.4) is 0 Å². The van der Waals surface area contributed by atoms with E-state index < -0.39 is 17.8 Å². The summed E-state index contributed by atoms with van der Waals surface area (Å²) in [5, 5.41) is 4.49. The molecule has 4 saturated heterocycles. The molecule has 0 unspecified atom stereocenters. The second kappa shape index (κ2) is 16.1. The van der Waals surface area contributed by atoms with Crippen molar-refractivity contribution in [3.63, 3.8) is 0 Å². The number of ether oxygens (including phenoxy) is 2. The Morgan fingerprint density at radius 2 is 1.98 bits per heavy atom. The number of nitrogens with one attached hydrogen (secondary N) is 1. The largest absolute Gasteiger partial charge is 0.463 e. The SMILES string of the molecule is C#Cc1c(F)ccc2cccc(-c3ncc4c(N(C)[C@@H]5CCN(C(=O)/C=C/CN6[C@@H]7CC[C@H]6COC7)C5)nc(OC[C@@H]5CCCNC[C@H](F)C5)nc4c3F)c12. The number of likely N-dealkylation sites (N-methyl/N-ethyl adjacent to an activating group) is 1. The monoisotopic (exact) mass is 753 g/mol. The van der Waals surface area contributed by atoms with Gasteiger partial charge in [0.15, 0.2) is 5.82 Å². The highest BCUT2D eigenvalue weighted by Crippen LogP contribution is 2.37. The molecular weight excluding hydrogens is 708 g/mol. The van der Waals surface area contributed by atoms with Crippen LogP contribution in [-0.2, 0) is 9.53 Å². The highest BCUT2D eigenvalue weighted by Gasteiger charge is 2.37. The van der Waals surface area contributed by atoms with Crippen LogP contribution in [0.5, 0.6) is 6.01 Å². The first-order chi connectivity index (χ1) is 26.8. The van der Waals surface area contributed by atoms with E-state index in [1.165, 1.54) is 12.3 Å². The van der Waals surface area contributed by atoms with Gasteiger partial charge in [-0.05, 0) is 62.4 Å². The molecule has 1 amide bonds. The van der Waals surface area contributed by atoms with Crippen LogP contribution in [0.15, 0.2) is 48.7 Å². The highest BCUT2D eigenvalue weighted by atomic mass is 19.1. The lowest BCUT2D eigenvalue weighted by Gasteiger charge is -2.33. The number of anilines is 1. The number of alkyl halides is 1. The molecule has 0 saturated carbocycles. The number of rotatable bonds is 9. The molecule has 0 spiro atoms. The smallest absolute Gasteiger partial charge is 0.319 e. The Morgan fingerprint density at radius 1 is 1.15 bits per heavy atom. The zero-order chi connectivity index (χ0) is 38.1. The normalized spacial score (nSPS) is 24.6. The van der Waals surface area contributed by atoms with E-state index in [-0.39, 0.29) is 47.3 Å². The van der Waals surface area contributed by atoms with Gasteiger partial charge in [-0.2, -0.15) is 9.97 Å². The zero-order valence-electron chi connectivity index (χ0n) is 31.0. The molecular formula is C42H46F3N7O3. The molecule has 4 fully saturated rings. The molecule has 4 aliphatic heterocycles. The number of halogens is 3. The highest BCUT2D eigenvalue weighted by molar-refractivity contribution is 6.02. The first kappa shape index (κ1) is 37.2. The number of carbonyl (C=O) groups is 1. The van der Waals surface area contributed by atoms with Gasteiger partial charge in [-0.25, -0.2) is 13.2 Å². The van der Waals surface area contributed by atoms with E-state index in [4.69, 9.17) is 20.9 Å². The lowest BCUT2D eigenvalue weighted by Crippen LogP contribution is -2.45. The van der Waals surface area contributed by atoms with Crippen LogP contribution in [0, 0.1) is 29.9 Å². The molecule has 13 heteroatoms. The average Bonchev–Trinajstić information content (AvgIpc) is 3.76. The summed E-state index contributed by atoms with van der Waals surface area (Å²) in [5.74, 6) is 1.38. The molecule has 1 N–H and O–H groups in total. The van der Waals surface area contributed by atoms with Gasteiger partial charge in [0.2, 0.25) is 5.91 Å². The zero-order valence-corrected chi connectivity index (χ0v) is 31.0. The third-order valence-corrected chi connectivity index (χ3v) is 11.7. The van der Waals surface area contributed by atoms with Crippen molar-refractivity contribution in [1.29, 1.82) is 0 Å². The van der Waals surface area contributed by atoms with Gasteiger partial charge in [0.05, 0.1) is 30.8 Å². The number of fused-ring (bicyclic) bond motifs is 4. The number of terminal acetylenes is 1. The maximum absolute atomic E-state index is 16.9. The molecule has 4 aromatic rings. The third kappa shape index (κ3) is 7.60. The summed E-state index contributed by atoms with van der Waals surface area (Å²) >= 11 is 0. The Balaban J connectivity index is 1.09. The molecule has 55 heavy (non-hydrogen) atoms. The fraction of sp³-hybridized carbons (Fsp3) is 0.476. The topological polar surface area (TPSA) is 96.0 Å². The van der Waals surface area contributed by atoms with E-state index in [0.29, 0.717) is 72.1 Å². The van der Waals surface area contributed by atoms with E-state index >= 15 is 4.39 Å². The maximum atomic E-state index is 16.9. The first-order valence-electron chi connectivity index (χ1n) is 19.3. The standard InChI is InChI=1S/C42H46F3N7O3/c1-3-32-35(44)14-11-27-8-4-9-33(37(27)32)39-38(45)40-34(21-47-39)41(49-42(48-40)55-23-26-7-5-16-46-20-28(43)19-26)50(2)29-15-18-51(22-29)36(53)10-6-17-52-30-12-13-31(52)25-54-24-30/h1,4,6,8-11,14,21,26,28-31,46H,5,7,12-13,15-20,22-25H2,2H3/b10-6+/t26-,28-,29-,30-,31+/m1/s1. The fourth-order valence-electron chi connectivity index (χ4n) is 8.74. The quantitative estimate of drug-likeness (QED) is 0.172. The first-order valence-corrected chi connectivity index (χ1v) is 19.3. The molecule has 0 radical (unpaired) electrons. The Bertz CT molecular complexity index is 2130. The molecule has 288 valence electrons. The summed E-state index contributed by atoms with van der Waals surface area (Å²) in [6.07, 6.45) is 14.8. The van der Waals surface area contributed by atoms with Crippen molar-refractivity contribution >= 4 is 33.4 Å². The Hall–Kier alpha value is -4.77. The molecule has 8 rings (SSSR count). The predicted molar refractivity (Wildman–Crippen MR) is 206 cm³/mol. The third-order valence-electron chi connectivity index (χ3n) is 11.7. The second-order valence-corrected chi connectivity index (χ2v) is 15.2. The molecule has 5 atom stereocenters. The summed E-state index contributed by atoms with van der Waals surface area (Å²) in [7, 11) is 1.86. The van der Waals surface area contributed by atoms with Gasteiger partial charge in [0.25, 0.3) is 0 Å². The number of aromatic nitrogens is 3. The number of likely N-dealkylation sites (tertiary alicyclic amines) is 1. The summed E-state index contributed by atoms with van der Waals surface area (Å²) in [6, 6.07) is 8.74. The van der Waals surface area contributed by atoms with Crippen molar-refractivity contribution in [3.8, 4) is 29.6 Å². The maximum Gasteiger partial charge on any atom is 0.319 e. The van der Waals surface area contributed by atoms with Crippen LogP contribution in [-0.4, -0.2) is 115 Å². The Morgan fingerprint density at radius 3 is 2.80 bits per heavy atom. The lowest BCUT2D eigenvalue weighted by atomic mass is 9.96. The molecule has 2 aromatic heterocycles. The van der Waals surface area contributed by atoms with Gasteiger partial charge >= 0.3 is 6.01 Å². The second-order valence-electron chi connectivity index (χ2n) is 15.2. The molecule has 2 bridgehead atoms. The molecule has 6 heterocycles. The summed E-state index contributed by atoms with van der Waals surface area (Å²) in [5.41, 5.74) is 0.284. The number of benzene rings is 2. The van der Waals surface area contributed by atoms with Gasteiger partial charge in [0.1, 0.15) is 29.0 Å². The van der Waals surface area contributed by atoms with Gasteiger partial charge in [-0.3, -0.25) is 14.7 Å². The minimum absolute atomic E-state index is 0.0190. The fourth-order valence-corrected chi connectivity index (χ4v) is 8.74. The van der Waals surface area contributed by atoms with E-state index in [2.05, 4.69) is 26.1 Å². The Labute approximate surface area is 319 Å². The molecule has 4 aliphatic rings. The number of hydrogen-bond donors (Lipinski definition) is 1. The van der Waals surface area contributed by atoms with Gasteiger partial charge in [0, 0.05) is 74.6 Å². The van der Waals surface area contributed by atoms with Crippen molar-refractivity contribution in [1.82, 2.24) is 30.1 Å². The van der Waals surface area contributed by atoms with Gasteiger partial charge in [-0.1, -0.05) is 36.3 Å². The summed E-state index contributed by atoms with van der Waals surface area (Å²) < 4.78 is 58.3. The van der Waals surface area contributed by atoms with E-state index in [1.807, 2.05) is 22.9 Å². The minimum Gasteiger partial charge on any atom is -0.463 e. The number of carbonyl (C=O) groups excluding carboxylic acids is 1. The number of morpholine rings is 1. The van der Waals surface area contributed by atoms with Crippen LogP contribution >= 0.6 is 0 Å². The van der Waals surface area contributed by atoms with Crippen molar-refractivity contribution in [2.75, 3.05) is 64.5 Å². The van der Waals surface area contributed by atoms with Gasteiger partial charge in [-0.15, -0.1) is 6.42 Å². The van der Waals surface area contributed by atoms with Crippen LogP contribution in [0.1, 0.15) is 44.1 Å². The van der Waals surface area contributed by atoms with Crippen LogP contribution in [0.2, 0.25) is 0 Å². The van der Waals surface area contributed by atoms with Gasteiger partial charge < -0.3 is 24.6 Å². The molecule has 2 aromatic carbocycles. The minimum atomic E-state index is -1.00. The summed E-state index contributed by atoms with van der Waals surface area (Å²) in [4.78, 5) is 33.4. The number of amides is 1. The Kier molecular flexibility index (Phi) is 10.9. The van der Waals surface area contributed by atoms with Crippen molar-refractivity contribution in [2.24, 2.45) is 5.92 Å². The van der Waals surface area contributed by atoms with Crippen LogP contribution in [0.4, 0.5) is 19.0 Å².